The molecule has 0 aliphatic carbocycles. The highest BCUT2D eigenvalue weighted by atomic mass is 35.5. The first-order valence-corrected chi connectivity index (χ1v) is 6.89. The van der Waals surface area contributed by atoms with Crippen LogP contribution in [0.1, 0.15) is 18.4 Å². The molecule has 2 saturated heterocycles. The summed E-state index contributed by atoms with van der Waals surface area (Å²) in [4.78, 5) is 27.2. The summed E-state index contributed by atoms with van der Waals surface area (Å²) in [6.07, 6.45) is 1.66. The number of imide groups is 1. The van der Waals surface area contributed by atoms with Gasteiger partial charge in [0.1, 0.15) is 6.04 Å². The second-order valence-electron chi connectivity index (χ2n) is 4.84. The fourth-order valence-corrected chi connectivity index (χ4v) is 3.28. The van der Waals surface area contributed by atoms with Crippen LogP contribution in [0.4, 0.5) is 4.79 Å². The number of amides is 3. The van der Waals surface area contributed by atoms with E-state index in [9.17, 15) is 9.59 Å². The Balaban J connectivity index is 1.83. The van der Waals surface area contributed by atoms with Crippen LogP contribution in [0.2, 0.25) is 10.0 Å². The molecule has 1 atom stereocenters. The van der Waals surface area contributed by atoms with Crippen LogP contribution in [0, 0.1) is 0 Å². The SMILES string of the molecule is O=C1C2CCCN2C(=O)N1Cc1cc(Cl)cc(Cl)c1. The van der Waals surface area contributed by atoms with Crippen LogP contribution >= 0.6 is 23.2 Å². The largest absolute Gasteiger partial charge is 0.327 e. The molecule has 0 N–H and O–H groups in total. The second kappa shape index (κ2) is 4.69. The van der Waals surface area contributed by atoms with E-state index in [1.807, 2.05) is 0 Å². The van der Waals surface area contributed by atoms with E-state index in [1.54, 1.807) is 23.1 Å². The highest BCUT2D eigenvalue weighted by molar-refractivity contribution is 6.34. The van der Waals surface area contributed by atoms with Gasteiger partial charge in [0, 0.05) is 16.6 Å². The van der Waals surface area contributed by atoms with Crippen molar-refractivity contribution in [3.8, 4) is 0 Å². The molecular weight excluding hydrogens is 287 g/mol. The molecule has 6 heteroatoms. The summed E-state index contributed by atoms with van der Waals surface area (Å²) in [6, 6.07) is 4.60. The van der Waals surface area contributed by atoms with Gasteiger partial charge in [-0.3, -0.25) is 9.69 Å². The maximum atomic E-state index is 12.2. The number of hydrogen-bond donors (Lipinski definition) is 0. The van der Waals surface area contributed by atoms with Crippen molar-refractivity contribution < 1.29 is 9.59 Å². The van der Waals surface area contributed by atoms with E-state index in [0.717, 1.165) is 18.4 Å². The first-order valence-electron chi connectivity index (χ1n) is 6.13. The van der Waals surface area contributed by atoms with Gasteiger partial charge in [-0.2, -0.15) is 0 Å². The molecule has 1 aromatic carbocycles. The lowest BCUT2D eigenvalue weighted by Crippen LogP contribution is -2.32. The lowest BCUT2D eigenvalue weighted by molar-refractivity contribution is -0.128. The maximum absolute atomic E-state index is 12.2. The van der Waals surface area contributed by atoms with E-state index in [4.69, 9.17) is 23.2 Å². The highest BCUT2D eigenvalue weighted by Gasteiger charge is 2.47. The number of rotatable bonds is 2. The maximum Gasteiger partial charge on any atom is 0.327 e. The van der Waals surface area contributed by atoms with Gasteiger partial charge in [-0.25, -0.2) is 4.79 Å². The number of halogens is 2. The number of benzene rings is 1. The molecule has 4 nitrogen and oxygen atoms in total. The van der Waals surface area contributed by atoms with E-state index in [0.29, 0.717) is 16.6 Å². The number of nitrogens with zero attached hydrogens (tertiary/aromatic N) is 2. The zero-order valence-electron chi connectivity index (χ0n) is 10.1. The van der Waals surface area contributed by atoms with E-state index < -0.39 is 0 Å². The minimum atomic E-state index is -0.262. The van der Waals surface area contributed by atoms with Crippen LogP contribution in [0.15, 0.2) is 18.2 Å². The third-order valence-electron chi connectivity index (χ3n) is 3.54. The Labute approximate surface area is 120 Å². The Bertz CT molecular complexity index is 519. The number of carbonyl (C=O) groups is 2. The van der Waals surface area contributed by atoms with Crippen LogP contribution in [0.25, 0.3) is 0 Å². The lowest BCUT2D eigenvalue weighted by Gasteiger charge is -2.15. The summed E-state index contributed by atoms with van der Waals surface area (Å²) < 4.78 is 0. The Hall–Kier alpha value is -1.26. The van der Waals surface area contributed by atoms with Crippen LogP contribution in [-0.2, 0) is 11.3 Å². The smallest absolute Gasteiger partial charge is 0.312 e. The van der Waals surface area contributed by atoms with E-state index in [2.05, 4.69) is 0 Å². The minimum Gasteiger partial charge on any atom is -0.312 e. The standard InChI is InChI=1S/C13H12Cl2N2O2/c14-9-4-8(5-10(15)6-9)7-17-12(18)11-2-1-3-16(11)13(17)19/h4-6,11H,1-3,7H2. The first kappa shape index (κ1) is 12.8. The molecule has 2 fully saturated rings. The number of fused-ring (bicyclic) bond motifs is 1. The Kier molecular flexibility index (Phi) is 3.15. The first-order chi connectivity index (χ1) is 9.06. The fraction of sp³-hybridized carbons (Fsp3) is 0.385. The molecule has 0 saturated carbocycles. The van der Waals surface area contributed by atoms with Crippen molar-refractivity contribution in [3.05, 3.63) is 33.8 Å². The minimum absolute atomic E-state index is 0.112. The average molecular weight is 299 g/mol. The lowest BCUT2D eigenvalue weighted by atomic mass is 10.2. The van der Waals surface area contributed by atoms with Crippen molar-refractivity contribution in [1.29, 1.82) is 0 Å². The molecule has 100 valence electrons. The molecular formula is C13H12Cl2N2O2. The zero-order valence-corrected chi connectivity index (χ0v) is 11.6. The van der Waals surface area contributed by atoms with E-state index in [1.165, 1.54) is 4.90 Å². The predicted octanol–water partition coefficient (Wildman–Crippen LogP) is 2.92. The quantitative estimate of drug-likeness (QED) is 0.788. The summed E-state index contributed by atoms with van der Waals surface area (Å²) in [7, 11) is 0. The summed E-state index contributed by atoms with van der Waals surface area (Å²) in [5.41, 5.74) is 0.764. The van der Waals surface area contributed by atoms with E-state index in [-0.39, 0.29) is 24.5 Å². The molecule has 0 aromatic heterocycles. The molecule has 3 rings (SSSR count). The summed E-state index contributed by atoms with van der Waals surface area (Å²) in [5.74, 6) is -0.112. The van der Waals surface area contributed by atoms with Crippen molar-refractivity contribution in [2.75, 3.05) is 6.54 Å². The molecule has 1 unspecified atom stereocenters. The van der Waals surface area contributed by atoms with Crippen LogP contribution in [-0.4, -0.2) is 34.3 Å². The van der Waals surface area contributed by atoms with Crippen LogP contribution in [0.5, 0.6) is 0 Å². The third-order valence-corrected chi connectivity index (χ3v) is 3.98. The fourth-order valence-electron chi connectivity index (χ4n) is 2.71. The molecule has 3 amide bonds. The molecule has 2 heterocycles. The summed E-state index contributed by atoms with van der Waals surface area (Å²) in [5, 5.41) is 1.00. The van der Waals surface area contributed by atoms with Crippen molar-refractivity contribution in [2.24, 2.45) is 0 Å². The van der Waals surface area contributed by atoms with Gasteiger partial charge in [0.05, 0.1) is 6.54 Å². The van der Waals surface area contributed by atoms with Crippen molar-refractivity contribution in [1.82, 2.24) is 9.80 Å². The third kappa shape index (κ3) is 2.19. The van der Waals surface area contributed by atoms with Gasteiger partial charge in [-0.05, 0) is 36.6 Å². The molecule has 2 aliphatic heterocycles. The van der Waals surface area contributed by atoms with Crippen molar-refractivity contribution >= 4 is 35.1 Å². The topological polar surface area (TPSA) is 40.6 Å². The molecule has 0 spiro atoms. The molecule has 0 bridgehead atoms. The number of urea groups is 1. The molecule has 2 aliphatic rings. The number of hydrogen-bond acceptors (Lipinski definition) is 2. The molecule has 19 heavy (non-hydrogen) atoms. The Morgan fingerprint density at radius 3 is 2.47 bits per heavy atom. The van der Waals surface area contributed by atoms with Crippen molar-refractivity contribution in [2.45, 2.75) is 25.4 Å². The van der Waals surface area contributed by atoms with Gasteiger partial charge in [-0.15, -0.1) is 0 Å². The van der Waals surface area contributed by atoms with Gasteiger partial charge in [0.25, 0.3) is 5.91 Å². The molecule has 1 aromatic rings. The zero-order chi connectivity index (χ0) is 13.6. The normalized spacial score (nSPS) is 22.3. The highest BCUT2D eigenvalue weighted by Crippen LogP contribution is 2.29. The second-order valence-corrected chi connectivity index (χ2v) is 5.71. The molecule has 0 radical (unpaired) electrons. The van der Waals surface area contributed by atoms with Gasteiger partial charge in [-0.1, -0.05) is 23.2 Å². The monoisotopic (exact) mass is 298 g/mol. The van der Waals surface area contributed by atoms with Gasteiger partial charge in [0.15, 0.2) is 0 Å². The average Bonchev–Trinajstić information content (AvgIpc) is 2.88. The Morgan fingerprint density at radius 2 is 1.84 bits per heavy atom. The van der Waals surface area contributed by atoms with Crippen molar-refractivity contribution in [3.63, 3.8) is 0 Å². The predicted molar refractivity (Wildman–Crippen MR) is 72.1 cm³/mol. The van der Waals surface area contributed by atoms with Gasteiger partial charge < -0.3 is 4.90 Å². The van der Waals surface area contributed by atoms with E-state index >= 15 is 0 Å². The van der Waals surface area contributed by atoms with Gasteiger partial charge >= 0.3 is 6.03 Å². The van der Waals surface area contributed by atoms with Crippen LogP contribution < -0.4 is 0 Å². The van der Waals surface area contributed by atoms with Gasteiger partial charge in [0.2, 0.25) is 0 Å². The van der Waals surface area contributed by atoms with Crippen LogP contribution in [0.3, 0.4) is 0 Å². The summed E-state index contributed by atoms with van der Waals surface area (Å²) in [6.45, 7) is 0.896. The summed E-state index contributed by atoms with van der Waals surface area (Å²) >= 11 is 11.8. The number of carbonyl (C=O) groups excluding carboxylic acids is 2. The Morgan fingerprint density at radius 1 is 1.16 bits per heavy atom.